The Hall–Kier alpha value is -2.16. The predicted molar refractivity (Wildman–Crippen MR) is 115 cm³/mol. The molecule has 1 aliphatic carbocycles. The summed E-state index contributed by atoms with van der Waals surface area (Å²) in [7, 11) is 0. The molecule has 0 bridgehead atoms. The number of nitrogens with zero attached hydrogens (tertiary/aromatic N) is 2. The van der Waals surface area contributed by atoms with E-state index < -0.39 is 6.09 Å². The second-order valence-corrected chi connectivity index (χ2v) is 8.49. The van der Waals surface area contributed by atoms with Crippen molar-refractivity contribution in [1.29, 1.82) is 5.41 Å². The maximum atomic E-state index is 12.0. The largest absolute Gasteiger partial charge is 0.449 e. The predicted octanol–water partition coefficient (Wildman–Crippen LogP) is 2.03. The second kappa shape index (κ2) is 12.5. The van der Waals surface area contributed by atoms with Crippen LogP contribution in [0.2, 0.25) is 0 Å². The lowest BCUT2D eigenvalue weighted by molar-refractivity contribution is -0.130. The lowest BCUT2D eigenvalue weighted by Crippen LogP contribution is -2.31. The van der Waals surface area contributed by atoms with Gasteiger partial charge in [0.2, 0.25) is 5.91 Å². The molecule has 0 aromatic carbocycles. The number of nitrogens with two attached hydrogens (primary N) is 1. The fourth-order valence-electron chi connectivity index (χ4n) is 4.03. The highest BCUT2D eigenvalue weighted by Gasteiger charge is 2.25. The summed E-state index contributed by atoms with van der Waals surface area (Å²) in [6.45, 7) is 4.12. The zero-order valence-corrected chi connectivity index (χ0v) is 18.1. The first-order valence-corrected chi connectivity index (χ1v) is 11.1. The van der Waals surface area contributed by atoms with Crippen LogP contribution in [-0.4, -0.2) is 65.8 Å². The third-order valence-electron chi connectivity index (χ3n) is 6.19. The van der Waals surface area contributed by atoms with Gasteiger partial charge in [-0.25, -0.2) is 4.79 Å². The number of carbonyl (C=O) groups excluding carboxylic acids is 2. The number of amides is 2. The van der Waals surface area contributed by atoms with Gasteiger partial charge < -0.3 is 31.3 Å². The molecule has 1 aliphatic heterocycles. The third kappa shape index (κ3) is 7.93. The number of likely N-dealkylation sites (tertiary alicyclic amines) is 1. The molecule has 1 saturated carbocycles. The number of aliphatic hydroxyl groups is 1. The van der Waals surface area contributed by atoms with Gasteiger partial charge in [-0.05, 0) is 56.8 Å². The van der Waals surface area contributed by atoms with E-state index >= 15 is 0 Å². The summed E-state index contributed by atoms with van der Waals surface area (Å²) < 4.78 is 5.40. The number of hydrazone groups is 1. The van der Waals surface area contributed by atoms with Gasteiger partial charge in [-0.15, -0.1) is 0 Å². The molecule has 9 heteroatoms. The average Bonchev–Trinajstić information content (AvgIpc) is 3.16. The van der Waals surface area contributed by atoms with E-state index in [2.05, 4.69) is 17.3 Å². The van der Waals surface area contributed by atoms with Crippen LogP contribution in [-0.2, 0) is 9.53 Å². The number of rotatable bonds is 8. The summed E-state index contributed by atoms with van der Waals surface area (Å²) in [6, 6.07) is 0. The van der Waals surface area contributed by atoms with Crippen LogP contribution in [0.4, 0.5) is 4.79 Å². The Morgan fingerprint density at radius 3 is 2.77 bits per heavy atom. The molecule has 2 fully saturated rings. The van der Waals surface area contributed by atoms with Gasteiger partial charge >= 0.3 is 6.09 Å². The number of hydrogen-bond acceptors (Lipinski definition) is 7. The van der Waals surface area contributed by atoms with Crippen molar-refractivity contribution in [3.8, 4) is 0 Å². The first-order valence-electron chi connectivity index (χ1n) is 11.1. The summed E-state index contributed by atoms with van der Waals surface area (Å²) in [6.07, 6.45) is 5.76. The number of unbranched alkanes of at least 4 members (excludes halogenated alkanes) is 2. The highest BCUT2D eigenvalue weighted by atomic mass is 16.5. The smallest absolute Gasteiger partial charge is 0.407 e. The summed E-state index contributed by atoms with van der Waals surface area (Å²) in [5.74, 6) is 6.06. The molecule has 0 aromatic rings. The van der Waals surface area contributed by atoms with E-state index in [-0.39, 0.29) is 17.9 Å². The standard InChI is InChI=1S/C21H37N5O4/c1-15-6-9-19(25-23)18(22)8-7-16(15)14-30-21(29)24-11-4-2-3-5-20(28)26-12-10-17(27)13-26/h15-17,22,27H,2-14,23H2,1H3,(H,24,29). The van der Waals surface area contributed by atoms with Crippen LogP contribution in [0.5, 0.6) is 0 Å². The van der Waals surface area contributed by atoms with Gasteiger partial charge in [-0.3, -0.25) is 4.79 Å². The SMILES string of the molecule is CC1CCC(=NN)C(=N)CCC1COC(=O)NCCCCCC(=O)N1CCC(O)C1. The minimum atomic E-state index is -0.411. The molecule has 3 unspecified atom stereocenters. The van der Waals surface area contributed by atoms with E-state index in [0.29, 0.717) is 69.3 Å². The normalized spacial score (nSPS) is 26.3. The average molecular weight is 424 g/mol. The number of carbonyl (C=O) groups is 2. The topological polar surface area (TPSA) is 141 Å². The zero-order valence-electron chi connectivity index (χ0n) is 18.1. The minimum Gasteiger partial charge on any atom is -0.449 e. The third-order valence-corrected chi connectivity index (χ3v) is 6.19. The Morgan fingerprint density at radius 2 is 2.07 bits per heavy atom. The summed E-state index contributed by atoms with van der Waals surface area (Å²) in [5.41, 5.74) is 1.16. The van der Waals surface area contributed by atoms with E-state index in [1.807, 2.05) is 0 Å². The molecule has 2 amide bonds. The molecule has 5 N–H and O–H groups in total. The van der Waals surface area contributed by atoms with Crippen molar-refractivity contribution in [3.63, 3.8) is 0 Å². The van der Waals surface area contributed by atoms with Crippen molar-refractivity contribution >= 4 is 23.4 Å². The van der Waals surface area contributed by atoms with E-state index in [1.54, 1.807) is 4.90 Å². The first kappa shape index (κ1) is 24.1. The highest BCUT2D eigenvalue weighted by molar-refractivity contribution is 6.41. The Labute approximate surface area is 178 Å². The lowest BCUT2D eigenvalue weighted by Gasteiger charge is -2.26. The van der Waals surface area contributed by atoms with Crippen LogP contribution < -0.4 is 11.2 Å². The Bertz CT molecular complexity index is 625. The molecule has 0 aromatic heterocycles. The minimum absolute atomic E-state index is 0.102. The van der Waals surface area contributed by atoms with Gasteiger partial charge in [0, 0.05) is 26.1 Å². The molecule has 170 valence electrons. The molecular formula is C21H37N5O4. The Balaban J connectivity index is 1.54. The molecule has 9 nitrogen and oxygen atoms in total. The van der Waals surface area contributed by atoms with Gasteiger partial charge in [0.05, 0.1) is 24.1 Å². The zero-order chi connectivity index (χ0) is 21.9. The van der Waals surface area contributed by atoms with Gasteiger partial charge in [0.1, 0.15) is 0 Å². The number of aliphatic hydroxyl groups excluding tert-OH is 1. The molecule has 2 rings (SSSR count). The molecule has 0 spiro atoms. The first-order chi connectivity index (χ1) is 14.4. The van der Waals surface area contributed by atoms with E-state index in [0.717, 1.165) is 32.1 Å². The molecule has 3 atom stereocenters. The lowest BCUT2D eigenvalue weighted by atomic mass is 9.82. The Kier molecular flexibility index (Phi) is 10.1. The maximum Gasteiger partial charge on any atom is 0.407 e. The summed E-state index contributed by atoms with van der Waals surface area (Å²) in [4.78, 5) is 25.7. The molecule has 2 aliphatic rings. The fourth-order valence-corrected chi connectivity index (χ4v) is 4.03. The van der Waals surface area contributed by atoms with Crippen LogP contribution in [0.1, 0.15) is 64.7 Å². The molecule has 0 radical (unpaired) electrons. The summed E-state index contributed by atoms with van der Waals surface area (Å²) >= 11 is 0. The van der Waals surface area contributed by atoms with Gasteiger partial charge in [0.15, 0.2) is 0 Å². The van der Waals surface area contributed by atoms with E-state index in [1.165, 1.54) is 0 Å². The van der Waals surface area contributed by atoms with Crippen molar-refractivity contribution in [2.45, 2.75) is 70.8 Å². The van der Waals surface area contributed by atoms with Gasteiger partial charge in [-0.1, -0.05) is 13.3 Å². The molecule has 1 heterocycles. The quantitative estimate of drug-likeness (QED) is 0.268. The van der Waals surface area contributed by atoms with E-state index in [4.69, 9.17) is 16.0 Å². The van der Waals surface area contributed by atoms with Crippen molar-refractivity contribution in [2.75, 3.05) is 26.2 Å². The van der Waals surface area contributed by atoms with Crippen molar-refractivity contribution < 1.29 is 19.4 Å². The van der Waals surface area contributed by atoms with Crippen LogP contribution >= 0.6 is 0 Å². The highest BCUT2D eigenvalue weighted by Crippen LogP contribution is 2.26. The van der Waals surface area contributed by atoms with E-state index in [9.17, 15) is 14.7 Å². The number of hydrogen-bond donors (Lipinski definition) is 4. The molecule has 30 heavy (non-hydrogen) atoms. The second-order valence-electron chi connectivity index (χ2n) is 8.49. The van der Waals surface area contributed by atoms with Crippen LogP contribution in [0.25, 0.3) is 0 Å². The number of alkyl carbamates (subject to hydrolysis) is 1. The molecule has 1 saturated heterocycles. The fraction of sp³-hybridized carbons (Fsp3) is 0.810. The number of ether oxygens (including phenoxy) is 1. The maximum absolute atomic E-state index is 12.0. The monoisotopic (exact) mass is 423 g/mol. The van der Waals surface area contributed by atoms with Crippen molar-refractivity contribution in [2.24, 2.45) is 22.8 Å². The van der Waals surface area contributed by atoms with Crippen molar-refractivity contribution in [3.05, 3.63) is 0 Å². The van der Waals surface area contributed by atoms with Crippen LogP contribution in [0.3, 0.4) is 0 Å². The number of nitrogens with one attached hydrogen (secondary N) is 2. The Morgan fingerprint density at radius 1 is 1.27 bits per heavy atom. The van der Waals surface area contributed by atoms with Crippen molar-refractivity contribution in [1.82, 2.24) is 10.2 Å². The van der Waals surface area contributed by atoms with Gasteiger partial charge in [-0.2, -0.15) is 5.10 Å². The molecular weight excluding hydrogens is 386 g/mol. The van der Waals surface area contributed by atoms with Crippen LogP contribution in [0, 0.1) is 17.2 Å². The van der Waals surface area contributed by atoms with Crippen LogP contribution in [0.15, 0.2) is 5.10 Å². The van der Waals surface area contributed by atoms with Gasteiger partial charge in [0.25, 0.3) is 0 Å². The summed E-state index contributed by atoms with van der Waals surface area (Å²) in [5, 5.41) is 24.0. The number of β-amino-alcohol motifs (C(OH)–C–C–N with tert-alkyl or cyclic N) is 1.